The standard InChI is InChI=1S/C14H22N2S/c1-11(2)12-6-4-5-7-13(12)14-10-15-8-9-16(14)17-3/h4-7,11,14-15H,8-10H2,1-3H3. The average Bonchev–Trinajstić information content (AvgIpc) is 2.38. The van der Waals surface area contributed by atoms with Gasteiger partial charge >= 0.3 is 0 Å². The Morgan fingerprint density at radius 1 is 1.35 bits per heavy atom. The van der Waals surface area contributed by atoms with Gasteiger partial charge in [0.2, 0.25) is 0 Å². The molecular formula is C14H22N2S. The van der Waals surface area contributed by atoms with E-state index in [4.69, 9.17) is 0 Å². The Morgan fingerprint density at radius 2 is 2.12 bits per heavy atom. The van der Waals surface area contributed by atoms with Crippen LogP contribution >= 0.6 is 11.9 Å². The van der Waals surface area contributed by atoms with Crippen LogP contribution in [0, 0.1) is 0 Å². The zero-order valence-electron chi connectivity index (χ0n) is 10.9. The Balaban J connectivity index is 2.31. The third-order valence-corrected chi connectivity index (χ3v) is 4.31. The molecule has 1 unspecified atom stereocenters. The van der Waals surface area contributed by atoms with Crippen molar-refractivity contribution in [2.24, 2.45) is 0 Å². The fraction of sp³-hybridized carbons (Fsp3) is 0.571. The van der Waals surface area contributed by atoms with Crippen molar-refractivity contribution in [2.45, 2.75) is 25.8 Å². The Hall–Kier alpha value is -0.510. The van der Waals surface area contributed by atoms with Crippen LogP contribution in [0.5, 0.6) is 0 Å². The number of piperazine rings is 1. The molecule has 1 atom stereocenters. The molecule has 0 bridgehead atoms. The first kappa shape index (κ1) is 12.9. The highest BCUT2D eigenvalue weighted by molar-refractivity contribution is 7.96. The number of nitrogens with one attached hydrogen (secondary N) is 1. The monoisotopic (exact) mass is 250 g/mol. The van der Waals surface area contributed by atoms with Crippen LogP contribution in [0.1, 0.15) is 36.9 Å². The summed E-state index contributed by atoms with van der Waals surface area (Å²) in [5, 5.41) is 3.51. The van der Waals surface area contributed by atoms with E-state index in [0.717, 1.165) is 19.6 Å². The molecule has 0 radical (unpaired) electrons. The van der Waals surface area contributed by atoms with Gasteiger partial charge in [0.25, 0.3) is 0 Å². The molecule has 0 aromatic heterocycles. The van der Waals surface area contributed by atoms with Gasteiger partial charge in [-0.2, -0.15) is 0 Å². The van der Waals surface area contributed by atoms with Crippen molar-refractivity contribution in [3.05, 3.63) is 35.4 Å². The van der Waals surface area contributed by atoms with Crippen LogP contribution in [-0.4, -0.2) is 30.2 Å². The highest BCUT2D eigenvalue weighted by atomic mass is 32.2. The molecule has 1 aromatic rings. The van der Waals surface area contributed by atoms with Gasteiger partial charge in [-0.05, 0) is 23.3 Å². The highest BCUT2D eigenvalue weighted by Gasteiger charge is 2.25. The van der Waals surface area contributed by atoms with Crippen LogP contribution in [0.25, 0.3) is 0 Å². The first-order valence-electron chi connectivity index (χ1n) is 6.34. The molecule has 2 rings (SSSR count). The van der Waals surface area contributed by atoms with E-state index in [1.807, 2.05) is 11.9 Å². The number of nitrogens with zero attached hydrogens (tertiary/aromatic N) is 1. The zero-order chi connectivity index (χ0) is 12.3. The van der Waals surface area contributed by atoms with Gasteiger partial charge in [0.15, 0.2) is 0 Å². The van der Waals surface area contributed by atoms with Gasteiger partial charge in [-0.15, -0.1) is 0 Å². The van der Waals surface area contributed by atoms with Crippen LogP contribution in [0.3, 0.4) is 0 Å². The molecule has 94 valence electrons. The summed E-state index contributed by atoms with van der Waals surface area (Å²) < 4.78 is 2.50. The van der Waals surface area contributed by atoms with E-state index in [1.165, 1.54) is 11.1 Å². The smallest absolute Gasteiger partial charge is 0.0579 e. The van der Waals surface area contributed by atoms with Crippen molar-refractivity contribution in [3.63, 3.8) is 0 Å². The average molecular weight is 250 g/mol. The first-order valence-corrected chi connectivity index (χ1v) is 7.52. The van der Waals surface area contributed by atoms with Crippen molar-refractivity contribution >= 4 is 11.9 Å². The van der Waals surface area contributed by atoms with E-state index in [2.05, 4.69) is 54.0 Å². The van der Waals surface area contributed by atoms with Gasteiger partial charge < -0.3 is 5.32 Å². The van der Waals surface area contributed by atoms with Crippen molar-refractivity contribution in [1.29, 1.82) is 0 Å². The summed E-state index contributed by atoms with van der Waals surface area (Å²) in [6, 6.07) is 9.38. The number of hydrogen-bond donors (Lipinski definition) is 1. The molecule has 1 aromatic carbocycles. The summed E-state index contributed by atoms with van der Waals surface area (Å²) in [5.74, 6) is 0.594. The number of benzene rings is 1. The molecular weight excluding hydrogens is 228 g/mol. The van der Waals surface area contributed by atoms with E-state index in [1.54, 1.807) is 0 Å². The van der Waals surface area contributed by atoms with E-state index in [9.17, 15) is 0 Å². The fourth-order valence-corrected chi connectivity index (χ4v) is 3.23. The molecule has 0 saturated carbocycles. The lowest BCUT2D eigenvalue weighted by Crippen LogP contribution is -2.42. The zero-order valence-corrected chi connectivity index (χ0v) is 11.8. The second-order valence-electron chi connectivity index (χ2n) is 4.83. The summed E-state index contributed by atoms with van der Waals surface area (Å²) >= 11 is 1.86. The lowest BCUT2D eigenvalue weighted by molar-refractivity contribution is 0.295. The first-order chi connectivity index (χ1) is 8.24. The molecule has 1 fully saturated rings. The number of rotatable bonds is 3. The van der Waals surface area contributed by atoms with Crippen LogP contribution < -0.4 is 5.32 Å². The molecule has 3 heteroatoms. The van der Waals surface area contributed by atoms with Crippen molar-refractivity contribution in [3.8, 4) is 0 Å². The molecule has 2 nitrogen and oxygen atoms in total. The summed E-state index contributed by atoms with van der Waals surface area (Å²) in [5.41, 5.74) is 2.98. The maximum Gasteiger partial charge on any atom is 0.0579 e. The third kappa shape index (κ3) is 2.84. The third-order valence-electron chi connectivity index (χ3n) is 3.41. The maximum absolute atomic E-state index is 3.51. The second-order valence-corrected chi connectivity index (χ2v) is 5.66. The molecule has 0 amide bonds. The van der Waals surface area contributed by atoms with Gasteiger partial charge in [-0.25, -0.2) is 4.31 Å². The topological polar surface area (TPSA) is 15.3 Å². The number of hydrogen-bond acceptors (Lipinski definition) is 3. The molecule has 1 saturated heterocycles. The predicted octanol–water partition coefficient (Wildman–Crippen LogP) is 3.03. The Bertz CT molecular complexity index is 365. The maximum atomic E-state index is 3.51. The minimum atomic E-state index is 0.511. The molecule has 0 spiro atoms. The van der Waals surface area contributed by atoms with Crippen molar-refractivity contribution < 1.29 is 0 Å². The molecule has 0 aliphatic carbocycles. The molecule has 1 aliphatic rings. The van der Waals surface area contributed by atoms with Gasteiger partial charge in [-0.3, -0.25) is 0 Å². The van der Waals surface area contributed by atoms with Gasteiger partial charge in [0, 0.05) is 19.6 Å². The van der Waals surface area contributed by atoms with E-state index in [-0.39, 0.29) is 0 Å². The fourth-order valence-electron chi connectivity index (χ4n) is 2.51. The molecule has 17 heavy (non-hydrogen) atoms. The minimum Gasteiger partial charge on any atom is -0.313 e. The molecule has 1 aliphatic heterocycles. The summed E-state index contributed by atoms with van der Waals surface area (Å²) in [7, 11) is 0. The van der Waals surface area contributed by atoms with E-state index >= 15 is 0 Å². The van der Waals surface area contributed by atoms with Crippen molar-refractivity contribution in [1.82, 2.24) is 9.62 Å². The normalized spacial score (nSPS) is 22.0. The Labute approximate surface area is 109 Å². The van der Waals surface area contributed by atoms with Gasteiger partial charge in [0.05, 0.1) is 6.04 Å². The Kier molecular flexibility index (Phi) is 4.48. The molecule has 1 heterocycles. The molecule has 1 N–H and O–H groups in total. The van der Waals surface area contributed by atoms with Gasteiger partial charge in [-0.1, -0.05) is 50.1 Å². The lowest BCUT2D eigenvalue weighted by atomic mass is 9.92. The van der Waals surface area contributed by atoms with Crippen molar-refractivity contribution in [2.75, 3.05) is 25.9 Å². The second kappa shape index (κ2) is 5.89. The minimum absolute atomic E-state index is 0.511. The largest absolute Gasteiger partial charge is 0.313 e. The summed E-state index contributed by atoms with van der Waals surface area (Å²) in [6.45, 7) is 7.83. The lowest BCUT2D eigenvalue weighted by Gasteiger charge is -2.36. The quantitative estimate of drug-likeness (QED) is 0.830. The SMILES string of the molecule is CSN1CCNCC1c1ccccc1C(C)C. The van der Waals surface area contributed by atoms with Crippen LogP contribution in [0.4, 0.5) is 0 Å². The van der Waals surface area contributed by atoms with Crippen LogP contribution in [-0.2, 0) is 0 Å². The Morgan fingerprint density at radius 3 is 2.82 bits per heavy atom. The van der Waals surface area contributed by atoms with E-state index < -0.39 is 0 Å². The van der Waals surface area contributed by atoms with Gasteiger partial charge in [0.1, 0.15) is 0 Å². The highest BCUT2D eigenvalue weighted by Crippen LogP contribution is 2.32. The summed E-state index contributed by atoms with van der Waals surface area (Å²) in [4.78, 5) is 0. The van der Waals surface area contributed by atoms with Crippen LogP contribution in [0.15, 0.2) is 24.3 Å². The van der Waals surface area contributed by atoms with E-state index in [0.29, 0.717) is 12.0 Å². The van der Waals surface area contributed by atoms with Crippen LogP contribution in [0.2, 0.25) is 0 Å². The summed E-state index contributed by atoms with van der Waals surface area (Å²) in [6.07, 6.45) is 2.18. The predicted molar refractivity (Wildman–Crippen MR) is 76.4 cm³/mol.